The number of hydrogen-bond donors (Lipinski definition) is 1. The lowest BCUT2D eigenvalue weighted by Gasteiger charge is -2.07. The second kappa shape index (κ2) is 4.51. The summed E-state index contributed by atoms with van der Waals surface area (Å²) in [7, 11) is 0. The molecule has 0 aliphatic rings. The Hall–Kier alpha value is -2.73. The summed E-state index contributed by atoms with van der Waals surface area (Å²) in [5, 5.41) is 9.94. The summed E-state index contributed by atoms with van der Waals surface area (Å²) in [6.07, 6.45) is 2.04. The molecule has 92 valence electrons. The van der Waals surface area contributed by atoms with E-state index in [9.17, 15) is 0 Å². The lowest BCUT2D eigenvalue weighted by Crippen LogP contribution is -2.00. The third-order valence-corrected chi connectivity index (χ3v) is 3.26. The predicted molar refractivity (Wildman–Crippen MR) is 76.6 cm³/mol. The molecule has 19 heavy (non-hydrogen) atoms. The third kappa shape index (κ3) is 2.04. The molecule has 1 aromatic heterocycles. The number of para-hydroxylation sites is 1. The monoisotopic (exact) mass is 247 g/mol. The van der Waals surface area contributed by atoms with Crippen LogP contribution in [0.25, 0.3) is 10.9 Å². The Morgan fingerprint density at radius 1 is 1.05 bits per heavy atom. The minimum Gasteiger partial charge on any atom is -0.397 e. The van der Waals surface area contributed by atoms with E-state index in [2.05, 4.69) is 22.8 Å². The molecule has 0 aliphatic carbocycles. The number of benzene rings is 2. The van der Waals surface area contributed by atoms with Crippen molar-refractivity contribution in [1.82, 2.24) is 4.57 Å². The maximum atomic E-state index is 8.79. The first-order valence-corrected chi connectivity index (χ1v) is 6.10. The van der Waals surface area contributed by atoms with Gasteiger partial charge in [0.2, 0.25) is 0 Å². The normalized spacial score (nSPS) is 10.5. The first-order chi connectivity index (χ1) is 9.28. The highest BCUT2D eigenvalue weighted by atomic mass is 15.0. The van der Waals surface area contributed by atoms with E-state index in [1.54, 1.807) is 0 Å². The molecule has 0 atom stereocenters. The molecule has 0 amide bonds. The van der Waals surface area contributed by atoms with E-state index in [0.717, 1.165) is 28.7 Å². The molecule has 0 unspecified atom stereocenters. The second-order valence-corrected chi connectivity index (χ2v) is 4.54. The van der Waals surface area contributed by atoms with Gasteiger partial charge < -0.3 is 10.3 Å². The van der Waals surface area contributed by atoms with E-state index in [0.29, 0.717) is 5.56 Å². The molecule has 0 bridgehead atoms. The van der Waals surface area contributed by atoms with Gasteiger partial charge in [-0.3, -0.25) is 0 Å². The lowest BCUT2D eigenvalue weighted by molar-refractivity contribution is 0.837. The van der Waals surface area contributed by atoms with E-state index in [4.69, 9.17) is 11.0 Å². The molecule has 0 saturated heterocycles. The van der Waals surface area contributed by atoms with Crippen LogP contribution in [0, 0.1) is 11.3 Å². The van der Waals surface area contributed by atoms with E-state index in [-0.39, 0.29) is 0 Å². The summed E-state index contributed by atoms with van der Waals surface area (Å²) < 4.78 is 2.13. The number of nitriles is 1. The molecule has 0 spiro atoms. The molecule has 1 heterocycles. The molecule has 3 heteroatoms. The second-order valence-electron chi connectivity index (χ2n) is 4.54. The number of rotatable bonds is 2. The molecule has 2 aromatic carbocycles. The number of hydrogen-bond acceptors (Lipinski definition) is 2. The van der Waals surface area contributed by atoms with Gasteiger partial charge in [0.1, 0.15) is 0 Å². The van der Waals surface area contributed by atoms with Gasteiger partial charge >= 0.3 is 0 Å². The molecule has 3 rings (SSSR count). The summed E-state index contributed by atoms with van der Waals surface area (Å²) in [6, 6.07) is 17.7. The first-order valence-electron chi connectivity index (χ1n) is 6.10. The summed E-state index contributed by atoms with van der Waals surface area (Å²) in [6.45, 7) is 0.753. The molecular formula is C16H13N3. The van der Waals surface area contributed by atoms with Crippen molar-refractivity contribution in [3.05, 3.63) is 65.9 Å². The van der Waals surface area contributed by atoms with E-state index >= 15 is 0 Å². The number of nitrogens with two attached hydrogens (primary N) is 1. The fourth-order valence-corrected chi connectivity index (χ4v) is 2.30. The van der Waals surface area contributed by atoms with Crippen molar-refractivity contribution in [2.75, 3.05) is 5.73 Å². The van der Waals surface area contributed by atoms with Gasteiger partial charge in [-0.25, -0.2) is 0 Å². The molecule has 3 aromatic rings. The van der Waals surface area contributed by atoms with Crippen LogP contribution in [0.3, 0.4) is 0 Å². The number of anilines is 1. The van der Waals surface area contributed by atoms with Gasteiger partial charge in [-0.15, -0.1) is 0 Å². The number of nitrogen functional groups attached to an aromatic ring is 1. The van der Waals surface area contributed by atoms with Crippen LogP contribution in [0.2, 0.25) is 0 Å². The van der Waals surface area contributed by atoms with Crippen molar-refractivity contribution in [2.24, 2.45) is 0 Å². The highest BCUT2D eigenvalue weighted by molar-refractivity contribution is 5.90. The number of nitrogens with zero attached hydrogens (tertiary/aromatic N) is 2. The van der Waals surface area contributed by atoms with Crippen LogP contribution in [0.5, 0.6) is 0 Å². The van der Waals surface area contributed by atoms with Crippen molar-refractivity contribution in [3.63, 3.8) is 0 Å². The molecule has 0 aliphatic heterocycles. The van der Waals surface area contributed by atoms with Gasteiger partial charge in [0, 0.05) is 18.1 Å². The standard InChI is InChI=1S/C16H13N3/c17-10-12-4-6-13(7-5-12)11-19-9-8-14-2-1-3-15(18)16(14)19/h1-9H,11,18H2. The zero-order valence-corrected chi connectivity index (χ0v) is 10.4. The van der Waals surface area contributed by atoms with Crippen LogP contribution in [0.1, 0.15) is 11.1 Å². The van der Waals surface area contributed by atoms with Gasteiger partial charge in [0.15, 0.2) is 0 Å². The SMILES string of the molecule is N#Cc1ccc(Cn2ccc3cccc(N)c32)cc1. The van der Waals surface area contributed by atoms with Crippen molar-refractivity contribution in [3.8, 4) is 6.07 Å². The van der Waals surface area contributed by atoms with Gasteiger partial charge in [-0.05, 0) is 29.8 Å². The smallest absolute Gasteiger partial charge is 0.0991 e. The van der Waals surface area contributed by atoms with Crippen molar-refractivity contribution in [2.45, 2.75) is 6.54 Å². The lowest BCUT2D eigenvalue weighted by atomic mass is 10.1. The number of aromatic nitrogens is 1. The Morgan fingerprint density at radius 2 is 1.84 bits per heavy atom. The van der Waals surface area contributed by atoms with E-state index < -0.39 is 0 Å². The highest BCUT2D eigenvalue weighted by Gasteiger charge is 2.04. The molecule has 3 nitrogen and oxygen atoms in total. The van der Waals surface area contributed by atoms with Crippen LogP contribution in [-0.4, -0.2) is 4.57 Å². The molecule has 2 N–H and O–H groups in total. The average molecular weight is 247 g/mol. The Balaban J connectivity index is 1.99. The zero-order chi connectivity index (χ0) is 13.2. The fraction of sp³-hybridized carbons (Fsp3) is 0.0625. The van der Waals surface area contributed by atoms with E-state index in [1.807, 2.05) is 42.6 Å². The van der Waals surface area contributed by atoms with Gasteiger partial charge in [-0.2, -0.15) is 5.26 Å². The molecule has 0 saturated carbocycles. The minimum absolute atomic E-state index is 0.681. The van der Waals surface area contributed by atoms with Crippen LogP contribution in [-0.2, 0) is 6.54 Å². The van der Waals surface area contributed by atoms with Crippen LogP contribution in [0.15, 0.2) is 54.7 Å². The fourth-order valence-electron chi connectivity index (χ4n) is 2.30. The van der Waals surface area contributed by atoms with Gasteiger partial charge in [0.25, 0.3) is 0 Å². The van der Waals surface area contributed by atoms with Gasteiger partial charge in [-0.1, -0.05) is 24.3 Å². The first kappa shape index (κ1) is 11.4. The maximum absolute atomic E-state index is 8.79. The van der Waals surface area contributed by atoms with Crippen LogP contribution in [0.4, 0.5) is 5.69 Å². The van der Waals surface area contributed by atoms with Crippen molar-refractivity contribution in [1.29, 1.82) is 5.26 Å². The summed E-state index contributed by atoms with van der Waals surface area (Å²) in [4.78, 5) is 0. The van der Waals surface area contributed by atoms with Gasteiger partial charge in [0.05, 0.1) is 22.8 Å². The Morgan fingerprint density at radius 3 is 2.58 bits per heavy atom. The largest absolute Gasteiger partial charge is 0.397 e. The minimum atomic E-state index is 0.681. The van der Waals surface area contributed by atoms with E-state index in [1.165, 1.54) is 0 Å². The summed E-state index contributed by atoms with van der Waals surface area (Å²) in [5.41, 5.74) is 9.72. The molecule has 0 radical (unpaired) electrons. The number of fused-ring (bicyclic) bond motifs is 1. The van der Waals surface area contributed by atoms with Crippen LogP contribution < -0.4 is 5.73 Å². The van der Waals surface area contributed by atoms with Crippen molar-refractivity contribution < 1.29 is 0 Å². The molecule has 0 fully saturated rings. The predicted octanol–water partition coefficient (Wildman–Crippen LogP) is 3.14. The summed E-state index contributed by atoms with van der Waals surface area (Å²) in [5.74, 6) is 0. The third-order valence-electron chi connectivity index (χ3n) is 3.26. The van der Waals surface area contributed by atoms with Crippen molar-refractivity contribution >= 4 is 16.6 Å². The van der Waals surface area contributed by atoms with Crippen LogP contribution >= 0.6 is 0 Å². The average Bonchev–Trinajstić information content (AvgIpc) is 2.84. The Kier molecular flexibility index (Phi) is 2.70. The molecular weight excluding hydrogens is 234 g/mol. The summed E-state index contributed by atoms with van der Waals surface area (Å²) >= 11 is 0. The Bertz CT molecular complexity index is 761. The maximum Gasteiger partial charge on any atom is 0.0991 e. The quantitative estimate of drug-likeness (QED) is 0.707. The topological polar surface area (TPSA) is 54.7 Å². The zero-order valence-electron chi connectivity index (χ0n) is 10.4. The highest BCUT2D eigenvalue weighted by Crippen LogP contribution is 2.23. The Labute approximate surface area is 111 Å².